The van der Waals surface area contributed by atoms with Gasteiger partial charge in [-0.25, -0.2) is 0 Å². The molecule has 1 aromatic heterocycles. The Hall–Kier alpha value is -4.06. The monoisotopic (exact) mass is 721 g/mol. The Morgan fingerprint density at radius 2 is 1.63 bits per heavy atom. The highest BCUT2D eigenvalue weighted by molar-refractivity contribution is 8.00. The summed E-state index contributed by atoms with van der Waals surface area (Å²) in [5.41, 5.74) is 1.90. The normalized spacial score (nSPS) is 15.5. The molecule has 0 spiro atoms. The van der Waals surface area contributed by atoms with Gasteiger partial charge in [-0.15, -0.1) is 10.2 Å². The number of hydrogen-bond acceptors (Lipinski definition) is 10. The lowest BCUT2D eigenvalue weighted by atomic mass is 9.95. The molecule has 9 nitrogen and oxygen atoms in total. The lowest BCUT2D eigenvalue weighted by Gasteiger charge is -2.23. The van der Waals surface area contributed by atoms with Crippen LogP contribution in [0, 0.1) is 0 Å². The molecule has 0 saturated carbocycles. The molecule has 1 aliphatic rings. The van der Waals surface area contributed by atoms with Gasteiger partial charge >= 0.3 is 5.91 Å². The number of anilines is 1. The van der Waals surface area contributed by atoms with Crippen molar-refractivity contribution in [2.75, 3.05) is 25.2 Å². The highest BCUT2D eigenvalue weighted by atomic mass is 35.5. The summed E-state index contributed by atoms with van der Waals surface area (Å²) in [5.74, 6) is 0.318. The third-order valence-electron chi connectivity index (χ3n) is 7.98. The number of ether oxygens (including phenoxy) is 3. The van der Waals surface area contributed by atoms with E-state index in [1.54, 1.807) is 49.6 Å². The molecule has 1 atom stereocenters. The van der Waals surface area contributed by atoms with Crippen LogP contribution in [-0.2, 0) is 15.3 Å². The number of halogens is 1. The van der Waals surface area contributed by atoms with Gasteiger partial charge in [0.05, 0.1) is 31.9 Å². The number of carbonyl (C=O) groups is 2. The zero-order chi connectivity index (χ0) is 34.8. The highest BCUT2D eigenvalue weighted by Crippen LogP contribution is 2.45. The van der Waals surface area contributed by atoms with Gasteiger partial charge in [0.25, 0.3) is 5.78 Å². The van der Waals surface area contributed by atoms with Gasteiger partial charge in [0, 0.05) is 16.3 Å². The summed E-state index contributed by atoms with van der Waals surface area (Å²) < 4.78 is 18.1. The van der Waals surface area contributed by atoms with E-state index in [0.29, 0.717) is 56.7 Å². The van der Waals surface area contributed by atoms with Crippen LogP contribution < -0.4 is 19.1 Å². The minimum absolute atomic E-state index is 0.0643. The third kappa shape index (κ3) is 8.95. The number of Topliss-reactive ketones (excluding diaryl/α,β-unsaturated/α-hetero) is 1. The predicted molar refractivity (Wildman–Crippen MR) is 195 cm³/mol. The van der Waals surface area contributed by atoms with Gasteiger partial charge < -0.3 is 19.3 Å². The lowest BCUT2D eigenvalue weighted by Crippen LogP contribution is -2.29. The van der Waals surface area contributed by atoms with Gasteiger partial charge in [-0.1, -0.05) is 92.4 Å². The number of unbranched alkanes of at least 4 members (excludes halogenated alkanes) is 4. The van der Waals surface area contributed by atoms with E-state index >= 15 is 0 Å². The first-order chi connectivity index (χ1) is 23.8. The second-order valence-electron chi connectivity index (χ2n) is 11.5. The van der Waals surface area contributed by atoms with Crippen molar-refractivity contribution in [3.05, 3.63) is 94.0 Å². The molecule has 0 bridgehead atoms. The van der Waals surface area contributed by atoms with Crippen LogP contribution in [0.5, 0.6) is 17.2 Å². The maximum absolute atomic E-state index is 13.8. The van der Waals surface area contributed by atoms with Crippen LogP contribution in [0.3, 0.4) is 0 Å². The first-order valence-electron chi connectivity index (χ1n) is 16.4. The molecule has 1 fully saturated rings. The average Bonchev–Trinajstić information content (AvgIpc) is 3.69. The molecule has 1 N–H and O–H groups in total. The van der Waals surface area contributed by atoms with Crippen LogP contribution in [-0.4, -0.2) is 47.3 Å². The van der Waals surface area contributed by atoms with Crippen molar-refractivity contribution in [3.8, 4) is 17.2 Å². The van der Waals surface area contributed by atoms with Gasteiger partial charge in [-0.3, -0.25) is 14.5 Å². The molecule has 2 heterocycles. The van der Waals surface area contributed by atoms with Gasteiger partial charge in [0.15, 0.2) is 15.8 Å². The maximum atomic E-state index is 13.8. The first-order valence-corrected chi connectivity index (χ1v) is 18.6. The second-order valence-corrected chi connectivity index (χ2v) is 14.1. The standard InChI is InChI=1S/C37H40ClN3O6S2/c1-4-6-8-9-21-47-29-19-14-26(22-30(29)45-3)32-31(33(42)25-12-17-28(18-13-25)46-20-7-5-2)34(43)35(44)41(32)36-39-40-37(49-36)48-23-24-10-15-27(38)16-11-24/h10-19,22,32,42H,4-9,20-21,23H2,1-3H3. The fourth-order valence-corrected chi connectivity index (χ4v) is 7.26. The summed E-state index contributed by atoms with van der Waals surface area (Å²) in [4.78, 5) is 28.9. The third-order valence-corrected chi connectivity index (χ3v) is 10.4. The molecule has 258 valence electrons. The van der Waals surface area contributed by atoms with Crippen molar-refractivity contribution in [3.63, 3.8) is 0 Å². The number of methoxy groups -OCH3 is 1. The molecule has 1 unspecified atom stereocenters. The van der Waals surface area contributed by atoms with Crippen LogP contribution >= 0.6 is 34.7 Å². The van der Waals surface area contributed by atoms with E-state index in [0.717, 1.165) is 44.1 Å². The Balaban J connectivity index is 1.49. The van der Waals surface area contributed by atoms with E-state index in [-0.39, 0.29) is 16.5 Å². The van der Waals surface area contributed by atoms with Crippen LogP contribution in [0.2, 0.25) is 5.02 Å². The molecule has 3 aromatic carbocycles. The number of thioether (sulfide) groups is 1. The Kier molecular flexibility index (Phi) is 13.0. The topological polar surface area (TPSA) is 111 Å². The van der Waals surface area contributed by atoms with Crippen LogP contribution in [0.1, 0.15) is 75.1 Å². The van der Waals surface area contributed by atoms with Crippen molar-refractivity contribution in [1.82, 2.24) is 10.2 Å². The summed E-state index contributed by atoms with van der Waals surface area (Å²) in [5, 5.41) is 21.2. The largest absolute Gasteiger partial charge is 0.507 e. The van der Waals surface area contributed by atoms with E-state index in [4.69, 9.17) is 25.8 Å². The number of aromatic nitrogens is 2. The minimum Gasteiger partial charge on any atom is -0.507 e. The van der Waals surface area contributed by atoms with Gasteiger partial charge in [0.2, 0.25) is 5.13 Å². The lowest BCUT2D eigenvalue weighted by molar-refractivity contribution is -0.132. The number of carbonyl (C=O) groups excluding carboxylic acids is 2. The minimum atomic E-state index is -1.00. The molecule has 49 heavy (non-hydrogen) atoms. The van der Waals surface area contributed by atoms with Crippen LogP contribution in [0.4, 0.5) is 5.13 Å². The van der Waals surface area contributed by atoms with Crippen LogP contribution in [0.25, 0.3) is 5.76 Å². The molecule has 4 aromatic rings. The number of benzene rings is 3. The molecule has 0 aliphatic carbocycles. The van der Waals surface area contributed by atoms with Gasteiger partial charge in [0.1, 0.15) is 11.5 Å². The Bertz CT molecular complexity index is 1760. The van der Waals surface area contributed by atoms with Gasteiger partial charge in [-0.2, -0.15) is 0 Å². The Labute approximate surface area is 300 Å². The zero-order valence-electron chi connectivity index (χ0n) is 27.8. The summed E-state index contributed by atoms with van der Waals surface area (Å²) in [6, 6.07) is 18.6. The molecule has 1 aliphatic heterocycles. The fraction of sp³-hybridized carbons (Fsp3) is 0.351. The van der Waals surface area contributed by atoms with Crippen LogP contribution in [0.15, 0.2) is 76.6 Å². The number of aliphatic hydroxyl groups is 1. The molecule has 5 rings (SSSR count). The quantitative estimate of drug-likeness (QED) is 0.0285. The van der Waals surface area contributed by atoms with E-state index < -0.39 is 17.7 Å². The molecule has 0 radical (unpaired) electrons. The number of nitrogens with zero attached hydrogens (tertiary/aromatic N) is 3. The van der Waals surface area contributed by atoms with Crippen molar-refractivity contribution >= 4 is 57.3 Å². The summed E-state index contributed by atoms with van der Waals surface area (Å²) >= 11 is 8.69. The van der Waals surface area contributed by atoms with Crippen molar-refractivity contribution in [2.24, 2.45) is 0 Å². The number of amides is 1. The predicted octanol–water partition coefficient (Wildman–Crippen LogP) is 9.26. The van der Waals surface area contributed by atoms with Crippen molar-refractivity contribution < 1.29 is 28.9 Å². The number of hydrogen-bond donors (Lipinski definition) is 1. The van der Waals surface area contributed by atoms with E-state index in [2.05, 4.69) is 24.0 Å². The number of aliphatic hydroxyl groups excluding tert-OH is 1. The zero-order valence-corrected chi connectivity index (χ0v) is 30.2. The number of rotatable bonds is 17. The maximum Gasteiger partial charge on any atom is 0.301 e. The Morgan fingerprint density at radius 3 is 2.35 bits per heavy atom. The summed E-state index contributed by atoms with van der Waals surface area (Å²) in [7, 11) is 1.54. The van der Waals surface area contributed by atoms with E-state index in [9.17, 15) is 14.7 Å². The van der Waals surface area contributed by atoms with E-state index in [1.165, 1.54) is 28.0 Å². The molecule has 1 saturated heterocycles. The molecule has 12 heteroatoms. The average molecular weight is 722 g/mol. The summed E-state index contributed by atoms with van der Waals surface area (Å²) in [6.45, 7) is 5.36. The first kappa shape index (κ1) is 36.2. The van der Waals surface area contributed by atoms with Crippen molar-refractivity contribution in [2.45, 2.75) is 68.5 Å². The highest BCUT2D eigenvalue weighted by Gasteiger charge is 2.48. The van der Waals surface area contributed by atoms with Crippen molar-refractivity contribution in [1.29, 1.82) is 0 Å². The van der Waals surface area contributed by atoms with E-state index in [1.807, 2.05) is 24.3 Å². The summed E-state index contributed by atoms with van der Waals surface area (Å²) in [6.07, 6.45) is 6.18. The molecule has 1 amide bonds. The second kappa shape index (κ2) is 17.6. The molecular formula is C37H40ClN3O6S2. The fourth-order valence-electron chi connectivity index (χ4n) is 5.31. The molecular weight excluding hydrogens is 682 g/mol. The number of ketones is 1. The smallest absolute Gasteiger partial charge is 0.301 e. The Morgan fingerprint density at radius 1 is 0.898 bits per heavy atom. The SMILES string of the molecule is CCCCCCOc1ccc(C2C(=C(O)c3ccc(OCCCC)cc3)C(=O)C(=O)N2c2nnc(SCc3ccc(Cl)cc3)s2)cc1OC. The van der Waals surface area contributed by atoms with Gasteiger partial charge in [-0.05, 0) is 72.5 Å².